The molecule has 0 aromatic heterocycles. The average molecular weight is 275 g/mol. The van der Waals surface area contributed by atoms with Crippen molar-refractivity contribution < 1.29 is 14.3 Å². The first-order valence-corrected chi connectivity index (χ1v) is 6.30. The van der Waals surface area contributed by atoms with Crippen molar-refractivity contribution in [1.82, 2.24) is 0 Å². The fourth-order valence-electron chi connectivity index (χ4n) is 2.07. The second-order valence-corrected chi connectivity index (χ2v) is 4.69. The Hall–Kier alpha value is -2.00. The van der Waals surface area contributed by atoms with Gasteiger partial charge in [0.05, 0.1) is 0 Å². The van der Waals surface area contributed by atoms with E-state index in [2.05, 4.69) is 0 Å². The minimum absolute atomic E-state index is 0.537. The molecule has 0 aliphatic carbocycles. The van der Waals surface area contributed by atoms with Gasteiger partial charge >= 0.3 is 0 Å². The minimum atomic E-state index is 0.537. The molecule has 0 unspecified atom stereocenters. The molecule has 2 aromatic rings. The molecular weight excluding hydrogens is 264 g/mol. The summed E-state index contributed by atoms with van der Waals surface area (Å²) >= 11 is 6.01. The van der Waals surface area contributed by atoms with Gasteiger partial charge in [0.1, 0.15) is 19.5 Å². The molecule has 1 aliphatic heterocycles. The summed E-state index contributed by atoms with van der Waals surface area (Å²) in [4.78, 5) is 10.9. The van der Waals surface area contributed by atoms with Crippen molar-refractivity contribution in [2.24, 2.45) is 0 Å². The van der Waals surface area contributed by atoms with Crippen molar-refractivity contribution in [3.8, 4) is 22.6 Å². The van der Waals surface area contributed by atoms with Gasteiger partial charge < -0.3 is 9.47 Å². The van der Waals surface area contributed by atoms with E-state index in [0.29, 0.717) is 23.8 Å². The Balaban J connectivity index is 2.06. The molecule has 0 radical (unpaired) electrons. The van der Waals surface area contributed by atoms with Gasteiger partial charge in [0.25, 0.3) is 0 Å². The van der Waals surface area contributed by atoms with Crippen molar-refractivity contribution in [2.75, 3.05) is 13.2 Å². The summed E-state index contributed by atoms with van der Waals surface area (Å²) in [6.07, 6.45) is 0.785. The van der Waals surface area contributed by atoms with E-state index in [9.17, 15) is 4.79 Å². The van der Waals surface area contributed by atoms with Crippen molar-refractivity contribution in [3.63, 3.8) is 0 Å². The summed E-state index contributed by atoms with van der Waals surface area (Å²) in [6.45, 7) is 1.12. The van der Waals surface area contributed by atoms with Crippen LogP contribution < -0.4 is 9.47 Å². The maximum Gasteiger partial charge on any atom is 0.161 e. The van der Waals surface area contributed by atoms with Crippen LogP contribution in [0.2, 0.25) is 5.02 Å². The van der Waals surface area contributed by atoms with Crippen LogP contribution in [0.3, 0.4) is 0 Å². The van der Waals surface area contributed by atoms with Gasteiger partial charge in [0.15, 0.2) is 11.5 Å². The number of rotatable bonds is 2. The Morgan fingerprint density at radius 1 is 0.947 bits per heavy atom. The Labute approximate surface area is 115 Å². The lowest BCUT2D eigenvalue weighted by Crippen LogP contribution is -2.15. The van der Waals surface area contributed by atoms with E-state index in [-0.39, 0.29) is 0 Å². The Morgan fingerprint density at radius 2 is 1.74 bits per heavy atom. The topological polar surface area (TPSA) is 35.5 Å². The van der Waals surface area contributed by atoms with Crippen molar-refractivity contribution in [3.05, 3.63) is 47.0 Å². The number of carbonyl (C=O) groups excluding carboxylic acids is 1. The van der Waals surface area contributed by atoms with Gasteiger partial charge in [0.2, 0.25) is 0 Å². The third-order valence-electron chi connectivity index (χ3n) is 2.93. The van der Waals surface area contributed by atoms with Gasteiger partial charge in [-0.15, -0.1) is 0 Å². The van der Waals surface area contributed by atoms with Crippen LogP contribution in [-0.4, -0.2) is 19.5 Å². The first-order chi connectivity index (χ1) is 9.26. The molecule has 19 heavy (non-hydrogen) atoms. The second-order valence-electron chi connectivity index (χ2n) is 4.25. The smallest absolute Gasteiger partial charge is 0.161 e. The van der Waals surface area contributed by atoms with E-state index < -0.39 is 0 Å². The van der Waals surface area contributed by atoms with Crippen LogP contribution in [0.1, 0.15) is 10.4 Å². The van der Waals surface area contributed by atoms with Gasteiger partial charge in [-0.2, -0.15) is 0 Å². The van der Waals surface area contributed by atoms with Crippen LogP contribution in [-0.2, 0) is 0 Å². The molecule has 0 fully saturated rings. The normalized spacial score (nSPS) is 13.1. The predicted molar refractivity (Wildman–Crippen MR) is 73.3 cm³/mol. The van der Waals surface area contributed by atoms with Crippen LogP contribution in [0.5, 0.6) is 11.5 Å². The Kier molecular flexibility index (Phi) is 3.13. The van der Waals surface area contributed by atoms with E-state index in [0.717, 1.165) is 28.9 Å². The molecule has 1 heterocycles. The molecule has 1 aliphatic rings. The number of hydrogen-bond donors (Lipinski definition) is 0. The highest BCUT2D eigenvalue weighted by Crippen LogP contribution is 2.35. The summed E-state index contributed by atoms with van der Waals surface area (Å²) in [6, 6.07) is 10.9. The van der Waals surface area contributed by atoms with E-state index in [1.165, 1.54) is 0 Å². The van der Waals surface area contributed by atoms with Crippen molar-refractivity contribution in [1.29, 1.82) is 0 Å². The van der Waals surface area contributed by atoms with Crippen LogP contribution in [0.25, 0.3) is 11.1 Å². The largest absolute Gasteiger partial charge is 0.486 e. The average Bonchev–Trinajstić information content (AvgIpc) is 2.46. The van der Waals surface area contributed by atoms with Gasteiger partial charge in [-0.1, -0.05) is 17.7 Å². The molecule has 3 rings (SSSR count). The number of hydrogen-bond acceptors (Lipinski definition) is 3. The number of aldehydes is 1. The lowest BCUT2D eigenvalue weighted by atomic mass is 10.0. The molecule has 3 nitrogen and oxygen atoms in total. The van der Waals surface area contributed by atoms with E-state index >= 15 is 0 Å². The lowest BCUT2D eigenvalue weighted by Gasteiger charge is -2.19. The highest BCUT2D eigenvalue weighted by molar-refractivity contribution is 6.31. The third kappa shape index (κ3) is 2.42. The number of carbonyl (C=O) groups is 1. The molecule has 0 spiro atoms. The highest BCUT2D eigenvalue weighted by atomic mass is 35.5. The predicted octanol–water partition coefficient (Wildman–Crippen LogP) is 3.59. The molecule has 0 saturated heterocycles. The first-order valence-electron chi connectivity index (χ1n) is 5.92. The van der Waals surface area contributed by atoms with Crippen molar-refractivity contribution in [2.45, 2.75) is 0 Å². The number of halogens is 1. The highest BCUT2D eigenvalue weighted by Gasteiger charge is 2.12. The Bertz CT molecular complexity index is 637. The quantitative estimate of drug-likeness (QED) is 0.785. The number of fused-ring (bicyclic) bond motifs is 1. The van der Waals surface area contributed by atoms with E-state index in [4.69, 9.17) is 21.1 Å². The minimum Gasteiger partial charge on any atom is -0.486 e. The standard InChI is InChI=1S/C15H11ClO3/c16-13-6-10(9-17)5-12(7-13)11-1-2-14-15(8-11)19-4-3-18-14/h1-2,5-9H,3-4H2. The van der Waals surface area contributed by atoms with Crippen LogP contribution >= 0.6 is 11.6 Å². The fourth-order valence-corrected chi connectivity index (χ4v) is 2.31. The van der Waals surface area contributed by atoms with E-state index in [1.807, 2.05) is 24.3 Å². The zero-order valence-corrected chi connectivity index (χ0v) is 10.8. The summed E-state index contributed by atoms with van der Waals surface area (Å²) < 4.78 is 11.0. The fraction of sp³-hybridized carbons (Fsp3) is 0.133. The first kappa shape index (κ1) is 12.1. The molecule has 96 valence electrons. The molecular formula is C15H11ClO3. The maximum absolute atomic E-state index is 10.9. The molecule has 0 amide bonds. The zero-order chi connectivity index (χ0) is 13.2. The summed E-state index contributed by atoms with van der Waals surface area (Å²) in [7, 11) is 0. The molecule has 0 saturated carbocycles. The SMILES string of the molecule is O=Cc1cc(Cl)cc(-c2ccc3c(c2)OCCO3)c1. The van der Waals surface area contributed by atoms with Crippen LogP contribution in [0.15, 0.2) is 36.4 Å². The van der Waals surface area contributed by atoms with E-state index in [1.54, 1.807) is 12.1 Å². The third-order valence-corrected chi connectivity index (χ3v) is 3.15. The number of benzene rings is 2. The van der Waals surface area contributed by atoms with Gasteiger partial charge in [-0.25, -0.2) is 0 Å². The molecule has 0 atom stereocenters. The van der Waals surface area contributed by atoms with Crippen molar-refractivity contribution >= 4 is 17.9 Å². The van der Waals surface area contributed by atoms with Gasteiger partial charge in [0, 0.05) is 10.6 Å². The van der Waals surface area contributed by atoms with Gasteiger partial charge in [-0.05, 0) is 41.5 Å². The Morgan fingerprint density at radius 3 is 2.53 bits per heavy atom. The zero-order valence-electron chi connectivity index (χ0n) is 10.1. The van der Waals surface area contributed by atoms with Crippen LogP contribution in [0, 0.1) is 0 Å². The van der Waals surface area contributed by atoms with Gasteiger partial charge in [-0.3, -0.25) is 4.79 Å². The maximum atomic E-state index is 10.9. The molecule has 2 aromatic carbocycles. The molecule has 0 bridgehead atoms. The summed E-state index contributed by atoms with van der Waals surface area (Å²) in [5, 5.41) is 0.537. The summed E-state index contributed by atoms with van der Waals surface area (Å²) in [5.41, 5.74) is 2.37. The van der Waals surface area contributed by atoms with Crippen LogP contribution in [0.4, 0.5) is 0 Å². The lowest BCUT2D eigenvalue weighted by molar-refractivity contribution is 0.112. The molecule has 4 heteroatoms. The second kappa shape index (κ2) is 4.94. The monoisotopic (exact) mass is 274 g/mol. The molecule has 0 N–H and O–H groups in total. The summed E-state index contributed by atoms with van der Waals surface area (Å²) in [5.74, 6) is 1.46. The number of ether oxygens (including phenoxy) is 2.